The van der Waals surface area contributed by atoms with Gasteiger partial charge in [-0.15, -0.1) is 0 Å². The number of nitrogens with one attached hydrogen (secondary N) is 1. The van der Waals surface area contributed by atoms with Crippen molar-refractivity contribution in [1.82, 2.24) is 4.98 Å². The van der Waals surface area contributed by atoms with E-state index in [-0.39, 0.29) is 11.7 Å². The number of fused-ring (bicyclic) bond motifs is 1. The van der Waals surface area contributed by atoms with Crippen molar-refractivity contribution in [3.05, 3.63) is 70.8 Å². The van der Waals surface area contributed by atoms with E-state index in [1.807, 2.05) is 18.3 Å². The number of hydrogen-bond acceptors (Lipinski definition) is 1. The monoisotopic (exact) mass is 259 g/mol. The van der Waals surface area contributed by atoms with Crippen LogP contribution in [0, 0.1) is 0 Å². The highest BCUT2D eigenvalue weighted by Crippen LogP contribution is 2.36. The van der Waals surface area contributed by atoms with Crippen LogP contribution in [0.4, 0.5) is 0 Å². The Bertz CT molecular complexity index is 852. The van der Waals surface area contributed by atoms with Gasteiger partial charge in [-0.1, -0.05) is 17.5 Å². The van der Waals surface area contributed by atoms with Gasteiger partial charge in [0.05, 0.1) is 0 Å². The lowest BCUT2D eigenvalue weighted by molar-refractivity contribution is -0.117. The van der Waals surface area contributed by atoms with Crippen molar-refractivity contribution in [3.8, 4) is 0 Å². The number of H-pyrrole nitrogens is 1. The quantitative estimate of drug-likeness (QED) is 0.776. The minimum Gasteiger partial charge on any atom is -0.361 e. The van der Waals surface area contributed by atoms with E-state index in [1.165, 1.54) is 0 Å². The first kappa shape index (κ1) is 11.3. The zero-order chi connectivity index (χ0) is 13.5. The van der Waals surface area contributed by atoms with Crippen molar-refractivity contribution in [2.45, 2.75) is 18.8 Å². The molecule has 0 bridgehead atoms. The number of rotatable bonds is 1. The first-order valence-corrected chi connectivity index (χ1v) is 6.85. The number of aromatic nitrogens is 1. The first-order valence-electron chi connectivity index (χ1n) is 6.85. The summed E-state index contributed by atoms with van der Waals surface area (Å²) in [6, 6.07) is 8.28. The average Bonchev–Trinajstić information content (AvgIpc) is 2.95. The van der Waals surface area contributed by atoms with Crippen molar-refractivity contribution >= 4 is 16.7 Å². The summed E-state index contributed by atoms with van der Waals surface area (Å²) in [5, 5.41) is 1.16. The Hall–Kier alpha value is -2.53. The molecule has 1 aromatic heterocycles. The number of hydrogen-bond donors (Lipinski definition) is 1. The largest absolute Gasteiger partial charge is 0.361 e. The van der Waals surface area contributed by atoms with E-state index in [4.69, 9.17) is 0 Å². The van der Waals surface area contributed by atoms with Crippen LogP contribution < -0.4 is 0 Å². The Kier molecular flexibility index (Phi) is 2.40. The average molecular weight is 259 g/mol. The lowest BCUT2D eigenvalue weighted by atomic mass is 9.78. The molecule has 0 aliphatic heterocycles. The third-order valence-electron chi connectivity index (χ3n) is 4.16. The number of benzene rings is 1. The molecule has 96 valence electrons. The molecule has 2 aliphatic rings. The standard InChI is InChI=1S/C18H13NO/c20-18-15-4-2-1-3-12(15)5-7-16(18)13-6-8-17-14(11-13)9-10-19-17/h3-4,6,8-11,16,19H,5,7H2/t16-/m0/s1. The van der Waals surface area contributed by atoms with Crippen molar-refractivity contribution in [2.24, 2.45) is 0 Å². The Balaban J connectivity index is 1.76. The Morgan fingerprint density at radius 3 is 3.00 bits per heavy atom. The fourth-order valence-corrected chi connectivity index (χ4v) is 3.07. The van der Waals surface area contributed by atoms with Gasteiger partial charge < -0.3 is 4.98 Å². The summed E-state index contributed by atoms with van der Waals surface area (Å²) >= 11 is 0. The Morgan fingerprint density at radius 2 is 2.05 bits per heavy atom. The zero-order valence-corrected chi connectivity index (χ0v) is 10.9. The summed E-state index contributed by atoms with van der Waals surface area (Å²) in [6.07, 6.45) is 7.40. The van der Waals surface area contributed by atoms with Crippen LogP contribution in [0.25, 0.3) is 10.9 Å². The Morgan fingerprint density at radius 1 is 1.15 bits per heavy atom. The van der Waals surface area contributed by atoms with Gasteiger partial charge in [0.2, 0.25) is 0 Å². The summed E-state index contributed by atoms with van der Waals surface area (Å²) in [6.45, 7) is 0. The van der Waals surface area contributed by atoms with Gasteiger partial charge in [0.1, 0.15) is 0 Å². The maximum Gasteiger partial charge on any atom is 0.171 e. The van der Waals surface area contributed by atoms with Crippen LogP contribution >= 0.6 is 0 Å². The Labute approximate surface area is 116 Å². The molecule has 2 nitrogen and oxygen atoms in total. The molecule has 0 unspecified atom stereocenters. The van der Waals surface area contributed by atoms with Gasteiger partial charge in [-0.3, -0.25) is 4.79 Å². The zero-order valence-electron chi connectivity index (χ0n) is 10.9. The van der Waals surface area contributed by atoms with E-state index < -0.39 is 0 Å². The molecule has 2 aliphatic carbocycles. The van der Waals surface area contributed by atoms with E-state index in [2.05, 4.69) is 34.6 Å². The summed E-state index contributed by atoms with van der Waals surface area (Å²) < 4.78 is 0. The van der Waals surface area contributed by atoms with Gasteiger partial charge in [-0.25, -0.2) is 0 Å². The molecular weight excluding hydrogens is 246 g/mol. The molecule has 1 N–H and O–H groups in total. The molecule has 0 spiro atoms. The molecule has 1 heterocycles. The number of allylic oxidation sites excluding steroid dienone is 4. The number of aromatic amines is 1. The van der Waals surface area contributed by atoms with Crippen LogP contribution in [0.15, 0.2) is 65.2 Å². The predicted molar refractivity (Wildman–Crippen MR) is 78.5 cm³/mol. The van der Waals surface area contributed by atoms with Gasteiger partial charge in [0, 0.05) is 23.2 Å². The van der Waals surface area contributed by atoms with Crippen molar-refractivity contribution in [1.29, 1.82) is 0 Å². The number of ketones is 1. The molecule has 2 aromatic rings. The second kappa shape index (κ2) is 4.25. The minimum atomic E-state index is -0.0300. The summed E-state index contributed by atoms with van der Waals surface area (Å²) in [4.78, 5) is 15.8. The van der Waals surface area contributed by atoms with Crippen LogP contribution in [0.5, 0.6) is 0 Å². The SMILES string of the molecule is O=C1C2=C(C=C=C=C2)CC[C@H]1c1ccc2[nH]ccc2c1. The molecule has 0 saturated carbocycles. The lowest BCUT2D eigenvalue weighted by Crippen LogP contribution is -2.20. The van der Waals surface area contributed by atoms with Gasteiger partial charge in [-0.05, 0) is 59.7 Å². The molecule has 0 radical (unpaired) electrons. The van der Waals surface area contributed by atoms with E-state index in [0.29, 0.717) is 0 Å². The van der Waals surface area contributed by atoms with E-state index in [9.17, 15) is 4.79 Å². The maximum atomic E-state index is 12.6. The summed E-state index contributed by atoms with van der Waals surface area (Å²) in [5.41, 5.74) is 9.97. The smallest absolute Gasteiger partial charge is 0.171 e. The highest BCUT2D eigenvalue weighted by atomic mass is 16.1. The molecular formula is C18H13NO. The lowest BCUT2D eigenvalue weighted by Gasteiger charge is -2.24. The van der Waals surface area contributed by atoms with Crippen LogP contribution in [-0.4, -0.2) is 10.8 Å². The molecule has 0 fully saturated rings. The van der Waals surface area contributed by atoms with Gasteiger partial charge in [0.25, 0.3) is 0 Å². The first-order chi connectivity index (χ1) is 9.83. The maximum absolute atomic E-state index is 12.6. The summed E-state index contributed by atoms with van der Waals surface area (Å²) in [5.74, 6) is 0.184. The third-order valence-corrected chi connectivity index (χ3v) is 4.16. The molecule has 1 aromatic carbocycles. The molecule has 2 heteroatoms. The van der Waals surface area contributed by atoms with E-state index in [1.54, 1.807) is 6.08 Å². The van der Waals surface area contributed by atoms with Crippen molar-refractivity contribution in [3.63, 3.8) is 0 Å². The van der Waals surface area contributed by atoms with E-state index >= 15 is 0 Å². The molecule has 1 atom stereocenters. The molecule has 20 heavy (non-hydrogen) atoms. The van der Waals surface area contributed by atoms with Gasteiger partial charge in [0.15, 0.2) is 5.78 Å². The highest BCUT2D eigenvalue weighted by Gasteiger charge is 2.29. The van der Waals surface area contributed by atoms with Gasteiger partial charge in [-0.2, -0.15) is 0 Å². The highest BCUT2D eigenvalue weighted by molar-refractivity contribution is 6.05. The van der Waals surface area contributed by atoms with Crippen LogP contribution in [-0.2, 0) is 4.79 Å². The number of carbonyl (C=O) groups excluding carboxylic acids is 1. The number of Topliss-reactive ketones (excluding diaryl/α,β-unsaturated/α-hetero) is 1. The second-order valence-corrected chi connectivity index (χ2v) is 5.30. The van der Waals surface area contributed by atoms with Crippen LogP contribution in [0.2, 0.25) is 0 Å². The third kappa shape index (κ3) is 1.64. The molecule has 4 rings (SSSR count). The second-order valence-electron chi connectivity index (χ2n) is 5.30. The van der Waals surface area contributed by atoms with Gasteiger partial charge >= 0.3 is 0 Å². The minimum absolute atomic E-state index is 0.0300. The van der Waals surface area contributed by atoms with E-state index in [0.717, 1.165) is 40.5 Å². The summed E-state index contributed by atoms with van der Waals surface area (Å²) in [7, 11) is 0. The normalized spacial score (nSPS) is 20.8. The number of carbonyl (C=O) groups is 1. The molecule has 0 amide bonds. The van der Waals surface area contributed by atoms with Crippen LogP contribution in [0.3, 0.4) is 0 Å². The topological polar surface area (TPSA) is 32.9 Å². The molecule has 0 saturated heterocycles. The van der Waals surface area contributed by atoms with Crippen LogP contribution in [0.1, 0.15) is 24.3 Å². The van der Waals surface area contributed by atoms with Crippen molar-refractivity contribution < 1.29 is 4.79 Å². The predicted octanol–water partition coefficient (Wildman–Crippen LogP) is 3.79. The fourth-order valence-electron chi connectivity index (χ4n) is 3.07. The fraction of sp³-hybridized carbons (Fsp3) is 0.167. The van der Waals surface area contributed by atoms with Crippen molar-refractivity contribution in [2.75, 3.05) is 0 Å².